The summed E-state index contributed by atoms with van der Waals surface area (Å²) >= 11 is 1.47. The minimum Gasteiger partial charge on any atom is -0.462 e. The van der Waals surface area contributed by atoms with Crippen molar-refractivity contribution in [3.05, 3.63) is 23.9 Å². The fourth-order valence-corrected chi connectivity index (χ4v) is 1.91. The third-order valence-electron chi connectivity index (χ3n) is 2.23. The Bertz CT molecular complexity index is 365. The minimum atomic E-state index is -0.397. The molecule has 0 aliphatic carbocycles. The Morgan fingerprint density at radius 3 is 2.71 bits per heavy atom. The minimum absolute atomic E-state index is 0.0657. The van der Waals surface area contributed by atoms with Crippen molar-refractivity contribution in [3.8, 4) is 0 Å². The van der Waals surface area contributed by atoms with Crippen LogP contribution in [-0.4, -0.2) is 34.0 Å². The predicted molar refractivity (Wildman–Crippen MR) is 67.2 cm³/mol. The third-order valence-corrected chi connectivity index (χ3v) is 3.48. The second-order valence-corrected chi connectivity index (χ2v) is 5.07. The van der Waals surface area contributed by atoms with Crippen LogP contribution in [-0.2, 0) is 4.74 Å². The molecule has 1 aromatic heterocycles. The van der Waals surface area contributed by atoms with Crippen LogP contribution in [0.15, 0.2) is 23.4 Å². The molecule has 0 saturated heterocycles. The zero-order valence-electron chi connectivity index (χ0n) is 10.2. The monoisotopic (exact) mass is 255 g/mol. The summed E-state index contributed by atoms with van der Waals surface area (Å²) in [7, 11) is 0. The lowest BCUT2D eigenvalue weighted by molar-refractivity contribution is 0.0525. The molecular weight excluding hydrogens is 238 g/mol. The first-order valence-electron chi connectivity index (χ1n) is 5.52. The van der Waals surface area contributed by atoms with Gasteiger partial charge in [-0.2, -0.15) is 0 Å². The van der Waals surface area contributed by atoms with E-state index in [4.69, 9.17) is 4.74 Å². The summed E-state index contributed by atoms with van der Waals surface area (Å²) in [4.78, 5) is 15.5. The van der Waals surface area contributed by atoms with Gasteiger partial charge >= 0.3 is 5.97 Å². The number of ether oxygens (including phenoxy) is 1. The standard InChI is InChI=1S/C12H17NO3S/c1-4-16-12(15)10-5-6-11(13-7-10)17-9(3)8(2)14/h5-9,14H,4H2,1-3H3. The average molecular weight is 255 g/mol. The van der Waals surface area contributed by atoms with Gasteiger partial charge in [-0.1, -0.05) is 6.92 Å². The molecule has 1 rings (SSSR count). The molecule has 0 aromatic carbocycles. The topological polar surface area (TPSA) is 59.4 Å². The highest BCUT2D eigenvalue weighted by molar-refractivity contribution is 7.99. The van der Waals surface area contributed by atoms with Crippen LogP contribution in [0.25, 0.3) is 0 Å². The van der Waals surface area contributed by atoms with Gasteiger partial charge < -0.3 is 9.84 Å². The highest BCUT2D eigenvalue weighted by Gasteiger charge is 2.12. The van der Waals surface area contributed by atoms with Crippen molar-refractivity contribution < 1.29 is 14.6 Å². The maximum atomic E-state index is 11.4. The lowest BCUT2D eigenvalue weighted by Gasteiger charge is -2.13. The molecule has 0 saturated carbocycles. The Morgan fingerprint density at radius 2 is 2.24 bits per heavy atom. The van der Waals surface area contributed by atoms with Crippen molar-refractivity contribution in [2.45, 2.75) is 37.2 Å². The van der Waals surface area contributed by atoms with Gasteiger partial charge in [0.15, 0.2) is 0 Å². The number of aliphatic hydroxyl groups excluding tert-OH is 1. The number of aliphatic hydroxyl groups is 1. The van der Waals surface area contributed by atoms with Gasteiger partial charge in [-0.25, -0.2) is 9.78 Å². The van der Waals surface area contributed by atoms with E-state index in [2.05, 4.69) is 4.98 Å². The van der Waals surface area contributed by atoms with Crippen LogP contribution in [0.1, 0.15) is 31.1 Å². The maximum absolute atomic E-state index is 11.4. The van der Waals surface area contributed by atoms with Gasteiger partial charge in [-0.15, -0.1) is 11.8 Å². The number of hydrogen-bond donors (Lipinski definition) is 1. The highest BCUT2D eigenvalue weighted by Crippen LogP contribution is 2.23. The second-order valence-electron chi connectivity index (χ2n) is 3.67. The van der Waals surface area contributed by atoms with Crippen molar-refractivity contribution >= 4 is 17.7 Å². The smallest absolute Gasteiger partial charge is 0.339 e. The molecule has 0 bridgehead atoms. The van der Waals surface area contributed by atoms with Gasteiger partial charge in [0.25, 0.3) is 0 Å². The highest BCUT2D eigenvalue weighted by atomic mass is 32.2. The molecule has 0 radical (unpaired) electrons. The largest absolute Gasteiger partial charge is 0.462 e. The molecule has 0 spiro atoms. The first-order valence-corrected chi connectivity index (χ1v) is 6.40. The van der Waals surface area contributed by atoms with Crippen molar-refractivity contribution in [3.63, 3.8) is 0 Å². The molecule has 5 heteroatoms. The number of pyridine rings is 1. The van der Waals surface area contributed by atoms with E-state index in [9.17, 15) is 9.90 Å². The molecule has 1 aromatic rings. The van der Waals surface area contributed by atoms with Gasteiger partial charge in [-0.3, -0.25) is 0 Å². The first-order chi connectivity index (χ1) is 8.04. The molecule has 1 heterocycles. The number of thioether (sulfide) groups is 1. The molecule has 0 aliphatic rings. The number of nitrogens with zero attached hydrogens (tertiary/aromatic N) is 1. The van der Waals surface area contributed by atoms with Crippen LogP contribution in [0.4, 0.5) is 0 Å². The fourth-order valence-electron chi connectivity index (χ4n) is 1.07. The zero-order chi connectivity index (χ0) is 12.8. The van der Waals surface area contributed by atoms with E-state index >= 15 is 0 Å². The number of rotatable bonds is 5. The molecule has 1 N–H and O–H groups in total. The van der Waals surface area contributed by atoms with Crippen molar-refractivity contribution in [2.24, 2.45) is 0 Å². The summed E-state index contributed by atoms with van der Waals surface area (Å²) in [6.07, 6.45) is 1.10. The normalized spacial score (nSPS) is 14.1. The summed E-state index contributed by atoms with van der Waals surface area (Å²) in [6.45, 7) is 5.79. The molecule has 4 nitrogen and oxygen atoms in total. The van der Waals surface area contributed by atoms with Crippen LogP contribution < -0.4 is 0 Å². The van der Waals surface area contributed by atoms with Crippen LogP contribution in [0.5, 0.6) is 0 Å². The Labute approximate surface area is 105 Å². The number of hydrogen-bond acceptors (Lipinski definition) is 5. The SMILES string of the molecule is CCOC(=O)c1ccc(SC(C)C(C)O)nc1. The van der Waals surface area contributed by atoms with E-state index in [1.165, 1.54) is 18.0 Å². The predicted octanol–water partition coefficient (Wildman–Crippen LogP) is 2.12. The zero-order valence-corrected chi connectivity index (χ0v) is 11.0. The van der Waals surface area contributed by atoms with E-state index in [0.717, 1.165) is 5.03 Å². The molecule has 0 amide bonds. The van der Waals surface area contributed by atoms with Crippen LogP contribution in [0, 0.1) is 0 Å². The summed E-state index contributed by atoms with van der Waals surface area (Å²) in [5.41, 5.74) is 0.445. The quantitative estimate of drug-likeness (QED) is 0.645. The summed E-state index contributed by atoms with van der Waals surface area (Å²) in [5.74, 6) is -0.361. The van der Waals surface area contributed by atoms with E-state index < -0.39 is 6.10 Å². The summed E-state index contributed by atoms with van der Waals surface area (Å²) in [5, 5.41) is 10.2. The summed E-state index contributed by atoms with van der Waals surface area (Å²) < 4.78 is 4.86. The van der Waals surface area contributed by atoms with E-state index in [-0.39, 0.29) is 11.2 Å². The lowest BCUT2D eigenvalue weighted by atomic mass is 10.3. The number of esters is 1. The fraction of sp³-hybridized carbons (Fsp3) is 0.500. The van der Waals surface area contributed by atoms with Crippen LogP contribution in [0.2, 0.25) is 0 Å². The number of carbonyl (C=O) groups is 1. The second kappa shape index (κ2) is 6.61. The van der Waals surface area contributed by atoms with Crippen LogP contribution >= 0.6 is 11.8 Å². The lowest BCUT2D eigenvalue weighted by Crippen LogP contribution is -2.15. The van der Waals surface area contributed by atoms with Crippen molar-refractivity contribution in [1.29, 1.82) is 0 Å². The molecule has 17 heavy (non-hydrogen) atoms. The maximum Gasteiger partial charge on any atom is 0.339 e. The molecule has 2 unspecified atom stereocenters. The third kappa shape index (κ3) is 4.36. The Hall–Kier alpha value is -1.07. The number of aromatic nitrogens is 1. The number of carbonyl (C=O) groups excluding carboxylic acids is 1. The van der Waals surface area contributed by atoms with Gasteiger partial charge in [0.1, 0.15) is 0 Å². The van der Waals surface area contributed by atoms with E-state index in [1.54, 1.807) is 26.0 Å². The molecule has 2 atom stereocenters. The Balaban J connectivity index is 2.65. The Morgan fingerprint density at radius 1 is 1.53 bits per heavy atom. The molecule has 0 fully saturated rings. The molecule has 0 aliphatic heterocycles. The van der Waals surface area contributed by atoms with Gasteiger partial charge in [0, 0.05) is 11.4 Å². The molecular formula is C12H17NO3S. The van der Waals surface area contributed by atoms with Gasteiger partial charge in [0.05, 0.1) is 23.3 Å². The van der Waals surface area contributed by atoms with Gasteiger partial charge in [-0.05, 0) is 26.0 Å². The summed E-state index contributed by atoms with van der Waals surface area (Å²) in [6, 6.07) is 3.44. The van der Waals surface area contributed by atoms with Crippen molar-refractivity contribution in [2.75, 3.05) is 6.61 Å². The first kappa shape index (κ1) is 14.0. The van der Waals surface area contributed by atoms with E-state index in [1.807, 2.05) is 6.92 Å². The van der Waals surface area contributed by atoms with Gasteiger partial charge in [0.2, 0.25) is 0 Å². The Kier molecular flexibility index (Phi) is 5.44. The molecule has 94 valence electrons. The van der Waals surface area contributed by atoms with Crippen molar-refractivity contribution in [1.82, 2.24) is 4.98 Å². The van der Waals surface area contributed by atoms with E-state index in [0.29, 0.717) is 12.2 Å². The van der Waals surface area contributed by atoms with Crippen LogP contribution in [0.3, 0.4) is 0 Å². The average Bonchev–Trinajstić information content (AvgIpc) is 2.30.